The molecule has 58 valence electrons. The Morgan fingerprint density at radius 2 is 2.60 bits per heavy atom. The molecule has 1 N–H and O–H groups in total. The Balaban J connectivity index is 2.45. The molecule has 2 heteroatoms. The van der Waals surface area contributed by atoms with Crippen molar-refractivity contribution in [2.24, 2.45) is 0 Å². The number of hydrogen-bond donors (Lipinski definition) is 1. The zero-order chi connectivity index (χ0) is 7.40. The van der Waals surface area contributed by atoms with Crippen LogP contribution in [-0.4, -0.2) is 13.2 Å². The summed E-state index contributed by atoms with van der Waals surface area (Å²) in [4.78, 5) is 0. The molecule has 0 aromatic rings. The van der Waals surface area contributed by atoms with E-state index in [1.54, 1.807) is 0 Å². The SMILES string of the molecule is CCCC1=CC=I[C@H](O)C1. The molecule has 1 atom stereocenters. The molecule has 0 bridgehead atoms. The van der Waals surface area contributed by atoms with Crippen LogP contribution >= 0.6 is 20.7 Å². The molecule has 1 nitrogen and oxygen atoms in total. The highest BCUT2D eigenvalue weighted by Crippen LogP contribution is 2.22. The Hall–Kier alpha value is 0.300. The molecule has 0 saturated heterocycles. The topological polar surface area (TPSA) is 20.2 Å². The van der Waals surface area contributed by atoms with Gasteiger partial charge in [0.05, 0.1) is 0 Å². The first kappa shape index (κ1) is 8.40. The fraction of sp³-hybridized carbons (Fsp3) is 0.625. The summed E-state index contributed by atoms with van der Waals surface area (Å²) in [6.07, 6.45) is 5.52. The van der Waals surface area contributed by atoms with Gasteiger partial charge in [-0.1, -0.05) is 45.7 Å². The van der Waals surface area contributed by atoms with Gasteiger partial charge in [-0.05, 0) is 10.4 Å². The predicted octanol–water partition coefficient (Wildman–Crippen LogP) is 2.21. The van der Waals surface area contributed by atoms with E-state index < -0.39 is 0 Å². The number of aliphatic hydroxyl groups excluding tert-OH is 1. The maximum Gasteiger partial charge on any atom is 0.104 e. The first-order valence-corrected chi connectivity index (χ1v) is 6.13. The Bertz CT molecular complexity index is 161. The molecule has 0 radical (unpaired) electrons. The second-order valence-corrected chi connectivity index (χ2v) is 5.34. The highest BCUT2D eigenvalue weighted by Gasteiger charge is 2.06. The Morgan fingerprint density at radius 3 is 3.20 bits per heavy atom. The standard InChI is InChI=1S/C8H13IO/c1-2-3-7-4-5-9-8(10)6-7/h4-5,8,10H,2-3,6H2,1H3/t8-/m1/s1. The third-order valence-electron chi connectivity index (χ3n) is 1.52. The van der Waals surface area contributed by atoms with Crippen molar-refractivity contribution in [1.82, 2.24) is 0 Å². The van der Waals surface area contributed by atoms with E-state index in [1.165, 1.54) is 12.0 Å². The van der Waals surface area contributed by atoms with Gasteiger partial charge in [0, 0.05) is 6.42 Å². The van der Waals surface area contributed by atoms with Crippen LogP contribution in [0.2, 0.25) is 0 Å². The number of halogens is 1. The van der Waals surface area contributed by atoms with Crippen molar-refractivity contribution in [2.45, 2.75) is 30.3 Å². The maximum atomic E-state index is 9.28. The molecular formula is C8H13IO. The molecular weight excluding hydrogens is 239 g/mol. The third-order valence-corrected chi connectivity index (χ3v) is 3.56. The number of alkyl halides is 1. The van der Waals surface area contributed by atoms with Gasteiger partial charge in [0.25, 0.3) is 0 Å². The summed E-state index contributed by atoms with van der Waals surface area (Å²) < 4.78 is 2.18. The average Bonchev–Trinajstić information content (AvgIpc) is 1.88. The summed E-state index contributed by atoms with van der Waals surface area (Å²) in [6, 6.07) is 0. The second kappa shape index (κ2) is 4.23. The largest absolute Gasteiger partial charge is 0.383 e. The molecule has 1 aliphatic rings. The minimum absolute atomic E-state index is 0.00495. The van der Waals surface area contributed by atoms with Crippen LogP contribution in [0.15, 0.2) is 11.6 Å². The average molecular weight is 252 g/mol. The van der Waals surface area contributed by atoms with E-state index in [-0.39, 0.29) is 24.8 Å². The van der Waals surface area contributed by atoms with Gasteiger partial charge in [-0.2, -0.15) is 0 Å². The lowest BCUT2D eigenvalue weighted by atomic mass is 10.1. The molecule has 0 spiro atoms. The van der Waals surface area contributed by atoms with E-state index in [2.05, 4.69) is 17.0 Å². The smallest absolute Gasteiger partial charge is 0.104 e. The molecule has 0 aromatic heterocycles. The van der Waals surface area contributed by atoms with Crippen LogP contribution in [0.3, 0.4) is 0 Å². The lowest BCUT2D eigenvalue weighted by Crippen LogP contribution is -2.02. The van der Waals surface area contributed by atoms with Gasteiger partial charge >= 0.3 is 0 Å². The molecule has 0 fully saturated rings. The number of rotatable bonds is 2. The normalized spacial score (nSPS) is 25.4. The van der Waals surface area contributed by atoms with Crippen molar-refractivity contribution in [1.29, 1.82) is 0 Å². The molecule has 0 amide bonds. The van der Waals surface area contributed by atoms with Crippen LogP contribution in [0, 0.1) is 0 Å². The van der Waals surface area contributed by atoms with Crippen molar-refractivity contribution in [3.8, 4) is 0 Å². The van der Waals surface area contributed by atoms with Gasteiger partial charge in [-0.3, -0.25) is 0 Å². The third kappa shape index (κ3) is 2.50. The van der Waals surface area contributed by atoms with Crippen LogP contribution in [0.25, 0.3) is 0 Å². The summed E-state index contributed by atoms with van der Waals surface area (Å²) in [6.45, 7) is 2.18. The van der Waals surface area contributed by atoms with Gasteiger partial charge in [0.15, 0.2) is 0 Å². The van der Waals surface area contributed by atoms with Crippen LogP contribution < -0.4 is 0 Å². The van der Waals surface area contributed by atoms with Gasteiger partial charge < -0.3 is 5.11 Å². The fourth-order valence-electron chi connectivity index (χ4n) is 1.04. The molecule has 1 aliphatic heterocycles. The predicted molar refractivity (Wildman–Crippen MR) is 53.7 cm³/mol. The molecule has 0 aromatic carbocycles. The van der Waals surface area contributed by atoms with Crippen molar-refractivity contribution >= 4 is 24.7 Å². The van der Waals surface area contributed by atoms with Gasteiger partial charge in [-0.25, -0.2) is 0 Å². The molecule has 0 saturated carbocycles. The lowest BCUT2D eigenvalue weighted by molar-refractivity contribution is 0.278. The van der Waals surface area contributed by atoms with E-state index >= 15 is 0 Å². The summed E-state index contributed by atoms with van der Waals surface area (Å²) in [5.41, 5.74) is 1.43. The van der Waals surface area contributed by atoms with Crippen LogP contribution in [0.5, 0.6) is 0 Å². The highest BCUT2D eigenvalue weighted by molar-refractivity contribution is 14.2. The van der Waals surface area contributed by atoms with Crippen LogP contribution in [-0.2, 0) is 0 Å². The monoisotopic (exact) mass is 252 g/mol. The van der Waals surface area contributed by atoms with Crippen LogP contribution in [0.4, 0.5) is 0 Å². The first-order chi connectivity index (χ1) is 4.83. The fourth-order valence-corrected chi connectivity index (χ4v) is 3.06. The number of allylic oxidation sites excluding steroid dienone is 1. The van der Waals surface area contributed by atoms with E-state index in [1.807, 2.05) is 0 Å². The summed E-state index contributed by atoms with van der Waals surface area (Å²) >= 11 is -0.0325. The summed E-state index contributed by atoms with van der Waals surface area (Å²) in [5, 5.41) is 9.28. The number of aliphatic hydroxyl groups is 1. The van der Waals surface area contributed by atoms with Crippen molar-refractivity contribution in [3.63, 3.8) is 0 Å². The minimum atomic E-state index is -0.0325. The molecule has 1 rings (SSSR count). The van der Waals surface area contributed by atoms with Crippen molar-refractivity contribution < 1.29 is 5.11 Å². The van der Waals surface area contributed by atoms with Crippen molar-refractivity contribution in [2.75, 3.05) is 0 Å². The summed E-state index contributed by atoms with van der Waals surface area (Å²) in [7, 11) is 0. The lowest BCUT2D eigenvalue weighted by Gasteiger charge is -2.11. The first-order valence-electron chi connectivity index (χ1n) is 3.64. The molecule has 1 heterocycles. The Labute approximate surface area is 71.9 Å². The van der Waals surface area contributed by atoms with Crippen LogP contribution in [0.1, 0.15) is 26.2 Å². The van der Waals surface area contributed by atoms with E-state index in [4.69, 9.17) is 0 Å². The Kier molecular flexibility index (Phi) is 3.56. The van der Waals surface area contributed by atoms with E-state index in [0.717, 1.165) is 12.8 Å². The highest BCUT2D eigenvalue weighted by atomic mass is 127. The van der Waals surface area contributed by atoms with Gasteiger partial charge in [0.2, 0.25) is 0 Å². The van der Waals surface area contributed by atoms with E-state index in [9.17, 15) is 5.11 Å². The quantitative estimate of drug-likeness (QED) is 0.590. The molecule has 0 unspecified atom stereocenters. The molecule has 0 aliphatic carbocycles. The van der Waals surface area contributed by atoms with E-state index in [0.29, 0.717) is 0 Å². The molecule has 10 heavy (non-hydrogen) atoms. The summed E-state index contributed by atoms with van der Waals surface area (Å²) in [5.74, 6) is 0. The van der Waals surface area contributed by atoms with Crippen molar-refractivity contribution in [3.05, 3.63) is 11.6 Å². The zero-order valence-electron chi connectivity index (χ0n) is 6.18. The maximum absolute atomic E-state index is 9.28. The zero-order valence-corrected chi connectivity index (χ0v) is 8.34. The Morgan fingerprint density at radius 1 is 1.80 bits per heavy atom. The van der Waals surface area contributed by atoms with Gasteiger partial charge in [-0.15, -0.1) is 0 Å². The van der Waals surface area contributed by atoms with Gasteiger partial charge in [0.1, 0.15) is 4.11 Å². The second-order valence-electron chi connectivity index (χ2n) is 2.47. The number of hydrogen-bond acceptors (Lipinski definition) is 1. The minimum Gasteiger partial charge on any atom is -0.383 e.